The molecule has 1 saturated heterocycles. The van der Waals surface area contributed by atoms with Gasteiger partial charge < -0.3 is 9.47 Å². The van der Waals surface area contributed by atoms with Crippen LogP contribution in [0.2, 0.25) is 0 Å². The van der Waals surface area contributed by atoms with Crippen molar-refractivity contribution >= 4 is 38.2 Å². The molecular formula is C26H29N3OS. The lowest BCUT2D eigenvalue weighted by molar-refractivity contribution is 0.101. The van der Waals surface area contributed by atoms with E-state index < -0.39 is 0 Å². The van der Waals surface area contributed by atoms with Gasteiger partial charge in [-0.25, -0.2) is 4.98 Å². The van der Waals surface area contributed by atoms with E-state index in [4.69, 9.17) is 4.98 Å². The van der Waals surface area contributed by atoms with E-state index in [0.717, 1.165) is 48.2 Å². The van der Waals surface area contributed by atoms with Gasteiger partial charge in [0, 0.05) is 41.7 Å². The summed E-state index contributed by atoms with van der Waals surface area (Å²) in [6, 6.07) is 16.7. The van der Waals surface area contributed by atoms with Crippen LogP contribution in [0.25, 0.3) is 21.1 Å². The fourth-order valence-electron chi connectivity index (χ4n) is 4.94. The second kappa shape index (κ2) is 8.56. The van der Waals surface area contributed by atoms with Crippen molar-refractivity contribution in [1.82, 2.24) is 14.5 Å². The summed E-state index contributed by atoms with van der Waals surface area (Å²) in [5.74, 6) is 1.25. The third kappa shape index (κ3) is 4.17. The lowest BCUT2D eigenvalue weighted by Crippen LogP contribution is -2.36. The number of piperidine rings is 1. The lowest BCUT2D eigenvalue weighted by Gasteiger charge is -2.33. The summed E-state index contributed by atoms with van der Waals surface area (Å²) >= 11 is 1.87. The minimum Gasteiger partial charge on any atom is -0.346 e. The molecule has 4 nitrogen and oxygen atoms in total. The molecule has 0 aliphatic carbocycles. The molecule has 160 valence electrons. The SMILES string of the molecule is CC(=O)c1cn(CC(C)CN2CCC(c3nc4ccccc4s3)CC2)c2ccccc12. The van der Waals surface area contributed by atoms with E-state index in [1.165, 1.54) is 22.5 Å². The molecule has 5 heteroatoms. The molecule has 2 aromatic carbocycles. The van der Waals surface area contributed by atoms with Gasteiger partial charge in [-0.1, -0.05) is 37.3 Å². The first-order valence-corrected chi connectivity index (χ1v) is 12.1. The van der Waals surface area contributed by atoms with Crippen LogP contribution in [-0.4, -0.2) is 39.9 Å². The Balaban J connectivity index is 1.21. The summed E-state index contributed by atoms with van der Waals surface area (Å²) in [6.45, 7) is 8.28. The molecule has 1 atom stereocenters. The number of rotatable bonds is 6. The maximum absolute atomic E-state index is 12.1. The van der Waals surface area contributed by atoms with E-state index in [-0.39, 0.29) is 5.78 Å². The Morgan fingerprint density at radius 2 is 1.84 bits per heavy atom. The molecule has 0 radical (unpaired) electrons. The Kier molecular flexibility index (Phi) is 5.63. The average molecular weight is 432 g/mol. The van der Waals surface area contributed by atoms with Crippen molar-refractivity contribution in [1.29, 1.82) is 0 Å². The molecular weight excluding hydrogens is 402 g/mol. The molecule has 2 aromatic heterocycles. The molecule has 1 fully saturated rings. The van der Waals surface area contributed by atoms with Crippen molar-refractivity contribution < 1.29 is 4.79 Å². The maximum Gasteiger partial charge on any atom is 0.161 e. The minimum absolute atomic E-state index is 0.138. The number of likely N-dealkylation sites (tertiary alicyclic amines) is 1. The number of benzene rings is 2. The van der Waals surface area contributed by atoms with Crippen molar-refractivity contribution in [3.63, 3.8) is 0 Å². The lowest BCUT2D eigenvalue weighted by atomic mass is 9.96. The zero-order valence-electron chi connectivity index (χ0n) is 18.3. The monoisotopic (exact) mass is 431 g/mol. The van der Waals surface area contributed by atoms with Crippen molar-refractivity contribution in [2.24, 2.45) is 5.92 Å². The highest BCUT2D eigenvalue weighted by Crippen LogP contribution is 2.34. The van der Waals surface area contributed by atoms with Crippen molar-refractivity contribution in [3.05, 3.63) is 65.3 Å². The number of carbonyl (C=O) groups excluding carboxylic acids is 1. The first-order chi connectivity index (χ1) is 15.1. The summed E-state index contributed by atoms with van der Waals surface area (Å²) in [5, 5.41) is 2.38. The van der Waals surface area contributed by atoms with E-state index >= 15 is 0 Å². The third-order valence-electron chi connectivity index (χ3n) is 6.49. The average Bonchev–Trinajstić information content (AvgIpc) is 3.36. The summed E-state index contributed by atoms with van der Waals surface area (Å²) in [6.07, 6.45) is 4.42. The number of hydrogen-bond donors (Lipinski definition) is 0. The number of Topliss-reactive ketones (excluding diaryl/α,β-unsaturated/α-hetero) is 1. The standard InChI is InChI=1S/C26H29N3OS/c1-18(16-29-17-22(19(2)30)21-7-3-5-9-24(21)29)15-28-13-11-20(12-14-28)26-27-23-8-4-6-10-25(23)31-26/h3-10,17-18,20H,11-16H2,1-2H3. The second-order valence-corrected chi connectivity index (χ2v) is 10.0. The number of para-hydroxylation sites is 2. The molecule has 3 heterocycles. The van der Waals surface area contributed by atoms with Crippen molar-refractivity contribution in [2.75, 3.05) is 19.6 Å². The Morgan fingerprint density at radius 1 is 1.10 bits per heavy atom. The van der Waals surface area contributed by atoms with Crippen LogP contribution in [0.5, 0.6) is 0 Å². The van der Waals surface area contributed by atoms with Crippen LogP contribution >= 0.6 is 11.3 Å². The predicted octanol–water partition coefficient (Wildman–Crippen LogP) is 5.97. The van der Waals surface area contributed by atoms with Gasteiger partial charge >= 0.3 is 0 Å². The van der Waals surface area contributed by atoms with Gasteiger partial charge in [0.15, 0.2) is 5.78 Å². The molecule has 0 N–H and O–H groups in total. The Morgan fingerprint density at radius 3 is 2.61 bits per heavy atom. The fourth-order valence-corrected chi connectivity index (χ4v) is 6.08. The summed E-state index contributed by atoms with van der Waals surface area (Å²) < 4.78 is 3.57. The van der Waals surface area contributed by atoms with Crippen LogP contribution in [0, 0.1) is 5.92 Å². The van der Waals surface area contributed by atoms with Crippen molar-refractivity contribution in [2.45, 2.75) is 39.2 Å². The summed E-state index contributed by atoms with van der Waals surface area (Å²) in [7, 11) is 0. The Hall–Kier alpha value is -2.50. The largest absolute Gasteiger partial charge is 0.346 e. The first-order valence-electron chi connectivity index (χ1n) is 11.2. The number of nitrogens with zero attached hydrogens (tertiary/aromatic N) is 3. The van der Waals surface area contributed by atoms with Gasteiger partial charge in [0.1, 0.15) is 0 Å². The van der Waals surface area contributed by atoms with Crippen LogP contribution in [0.4, 0.5) is 0 Å². The van der Waals surface area contributed by atoms with Crippen LogP contribution in [0.3, 0.4) is 0 Å². The molecule has 4 aromatic rings. The highest BCUT2D eigenvalue weighted by Gasteiger charge is 2.24. The van der Waals surface area contributed by atoms with Gasteiger partial charge in [0.05, 0.1) is 15.2 Å². The van der Waals surface area contributed by atoms with E-state index in [0.29, 0.717) is 11.8 Å². The molecule has 1 unspecified atom stereocenters. The van der Waals surface area contributed by atoms with Crippen molar-refractivity contribution in [3.8, 4) is 0 Å². The highest BCUT2D eigenvalue weighted by atomic mass is 32.1. The smallest absolute Gasteiger partial charge is 0.161 e. The Labute approximate surface area is 187 Å². The molecule has 31 heavy (non-hydrogen) atoms. The number of fused-ring (bicyclic) bond motifs is 2. The van der Waals surface area contributed by atoms with E-state index in [9.17, 15) is 4.79 Å². The molecule has 0 amide bonds. The minimum atomic E-state index is 0.138. The topological polar surface area (TPSA) is 38.1 Å². The quantitative estimate of drug-likeness (QED) is 0.353. The molecule has 1 aliphatic rings. The zero-order chi connectivity index (χ0) is 21.4. The molecule has 0 bridgehead atoms. The number of thiazole rings is 1. The predicted molar refractivity (Wildman–Crippen MR) is 129 cm³/mol. The number of aromatic nitrogens is 2. The number of carbonyl (C=O) groups is 1. The molecule has 0 saturated carbocycles. The zero-order valence-corrected chi connectivity index (χ0v) is 19.1. The number of hydrogen-bond acceptors (Lipinski definition) is 4. The van der Waals surface area contributed by atoms with Crippen LogP contribution < -0.4 is 0 Å². The van der Waals surface area contributed by atoms with E-state index in [1.807, 2.05) is 23.6 Å². The second-order valence-electron chi connectivity index (χ2n) is 8.97. The summed E-state index contributed by atoms with van der Waals surface area (Å²) in [4.78, 5) is 19.6. The highest BCUT2D eigenvalue weighted by molar-refractivity contribution is 7.18. The first kappa shape index (κ1) is 20.4. The van der Waals surface area contributed by atoms with Gasteiger partial charge in [0.2, 0.25) is 0 Å². The normalized spacial score (nSPS) is 16.8. The van der Waals surface area contributed by atoms with E-state index in [1.54, 1.807) is 6.92 Å². The maximum atomic E-state index is 12.1. The van der Waals surface area contributed by atoms with Gasteiger partial charge in [-0.05, 0) is 57.0 Å². The fraction of sp³-hybridized carbons (Fsp3) is 0.385. The van der Waals surface area contributed by atoms with Crippen LogP contribution in [0.15, 0.2) is 54.7 Å². The van der Waals surface area contributed by atoms with Gasteiger partial charge in [-0.15, -0.1) is 11.3 Å². The van der Waals surface area contributed by atoms with Gasteiger partial charge in [0.25, 0.3) is 0 Å². The van der Waals surface area contributed by atoms with Gasteiger partial charge in [-0.2, -0.15) is 0 Å². The van der Waals surface area contributed by atoms with Crippen LogP contribution in [0.1, 0.15) is 48.0 Å². The van der Waals surface area contributed by atoms with E-state index in [2.05, 4.69) is 58.9 Å². The molecule has 1 aliphatic heterocycles. The Bertz CT molecular complexity index is 1180. The molecule has 0 spiro atoms. The van der Waals surface area contributed by atoms with Crippen LogP contribution in [-0.2, 0) is 6.54 Å². The summed E-state index contributed by atoms with van der Waals surface area (Å²) in [5.41, 5.74) is 3.14. The van der Waals surface area contributed by atoms with Gasteiger partial charge in [-0.3, -0.25) is 4.79 Å². The third-order valence-corrected chi connectivity index (χ3v) is 7.69. The number of ketones is 1. The molecule has 5 rings (SSSR count).